The number of ether oxygens (including phenoxy) is 2. The van der Waals surface area contributed by atoms with Gasteiger partial charge in [-0.15, -0.1) is 0 Å². The van der Waals surface area contributed by atoms with E-state index in [4.69, 9.17) is 9.47 Å². The number of amides is 2. The number of nitrogens with one attached hydrogen (secondary N) is 1. The lowest BCUT2D eigenvalue weighted by Crippen LogP contribution is -2.60. The number of aromatic nitrogens is 1. The van der Waals surface area contributed by atoms with Gasteiger partial charge in [0.2, 0.25) is 5.91 Å². The van der Waals surface area contributed by atoms with Crippen molar-refractivity contribution in [2.45, 2.75) is 76.5 Å². The number of carbonyl (C=O) groups excluding carboxylic acids is 2. The van der Waals surface area contributed by atoms with Gasteiger partial charge in [-0.1, -0.05) is 6.92 Å². The molecule has 1 saturated carbocycles. The van der Waals surface area contributed by atoms with E-state index in [1.165, 1.54) is 6.07 Å². The van der Waals surface area contributed by atoms with Gasteiger partial charge in [0.25, 0.3) is 17.4 Å². The molecule has 0 radical (unpaired) electrons. The van der Waals surface area contributed by atoms with Crippen LogP contribution in [-0.2, 0) is 22.6 Å². The zero-order valence-corrected chi connectivity index (χ0v) is 27.1. The van der Waals surface area contributed by atoms with Crippen LogP contribution >= 0.6 is 0 Å². The highest BCUT2D eigenvalue weighted by molar-refractivity contribution is 5.95. The van der Waals surface area contributed by atoms with Crippen molar-refractivity contribution in [3.63, 3.8) is 0 Å². The van der Waals surface area contributed by atoms with E-state index in [2.05, 4.69) is 5.32 Å². The normalized spacial score (nSPS) is 23.5. The molecule has 4 fully saturated rings. The maximum Gasteiger partial charge on any atom is 0.280 e. The number of benzene rings is 2. The predicted molar refractivity (Wildman–Crippen MR) is 173 cm³/mol. The van der Waals surface area contributed by atoms with Crippen molar-refractivity contribution in [1.82, 2.24) is 19.7 Å². The molecule has 7 rings (SSSR count). The van der Waals surface area contributed by atoms with Gasteiger partial charge in [0.15, 0.2) is 0 Å². The van der Waals surface area contributed by atoms with E-state index >= 15 is 13.2 Å². The van der Waals surface area contributed by atoms with Crippen LogP contribution in [-0.4, -0.2) is 77.0 Å². The van der Waals surface area contributed by atoms with Crippen molar-refractivity contribution in [2.75, 3.05) is 32.8 Å². The standard InChI is InChI=1S/C36H41F3N4O5/c1-22-14-33(44)43(18-22)20-25-16-30(37)29(34(45)40-32-7-11-42(21-36(32,38)39)26-8-12-47-13-9-26)17-31(25)48-27-4-5-28-24(15-27)6-10-41(35(28)46)19-23-2-3-23/h4-6,10,15-17,22-23,26,32H,2-3,7-9,11-14,18-21H2,1H3,(H,40,45). The molecule has 2 aromatic carbocycles. The second-order valence-corrected chi connectivity index (χ2v) is 14.0. The third kappa shape index (κ3) is 6.96. The minimum absolute atomic E-state index is 0.00956. The SMILES string of the molecule is CC1CC(=O)N(Cc2cc(F)c(C(=O)NC3CCN(C4CCOCC4)CC3(F)F)cc2Oc2ccc3c(=O)n(CC4CC4)ccc3c2)C1. The van der Waals surface area contributed by atoms with Gasteiger partial charge in [-0.05, 0) is 85.7 Å². The summed E-state index contributed by atoms with van der Waals surface area (Å²) in [6, 6.07) is 7.76. The first-order chi connectivity index (χ1) is 23.0. The number of hydrogen-bond donors (Lipinski definition) is 1. The van der Waals surface area contributed by atoms with Crippen LogP contribution < -0.4 is 15.6 Å². The molecule has 2 amide bonds. The van der Waals surface area contributed by atoms with E-state index in [0.717, 1.165) is 18.9 Å². The van der Waals surface area contributed by atoms with Crippen LogP contribution in [0, 0.1) is 17.7 Å². The van der Waals surface area contributed by atoms with Crippen molar-refractivity contribution in [3.05, 3.63) is 69.9 Å². The predicted octanol–water partition coefficient (Wildman–Crippen LogP) is 5.33. The first-order valence-corrected chi connectivity index (χ1v) is 17.0. The summed E-state index contributed by atoms with van der Waals surface area (Å²) in [5.74, 6) is -4.00. The first-order valence-electron chi connectivity index (χ1n) is 17.0. The summed E-state index contributed by atoms with van der Waals surface area (Å²) in [6.07, 6.45) is 5.78. The Morgan fingerprint density at radius 1 is 1.06 bits per heavy atom. The molecular formula is C36H41F3N4O5. The van der Waals surface area contributed by atoms with E-state index in [9.17, 15) is 14.4 Å². The average Bonchev–Trinajstić information content (AvgIpc) is 3.82. The number of pyridine rings is 1. The monoisotopic (exact) mass is 666 g/mol. The highest BCUT2D eigenvalue weighted by Gasteiger charge is 2.47. The number of nitrogens with zero attached hydrogens (tertiary/aromatic N) is 3. The number of rotatable bonds is 9. The van der Waals surface area contributed by atoms with Crippen LogP contribution in [0.25, 0.3) is 10.8 Å². The molecule has 48 heavy (non-hydrogen) atoms. The molecule has 0 spiro atoms. The van der Waals surface area contributed by atoms with Gasteiger partial charge in [0.05, 0.1) is 18.2 Å². The Hall–Kier alpha value is -3.90. The molecule has 3 aromatic rings. The molecule has 3 saturated heterocycles. The van der Waals surface area contributed by atoms with Crippen LogP contribution in [0.2, 0.25) is 0 Å². The Kier molecular flexibility index (Phi) is 8.97. The third-order valence-corrected chi connectivity index (χ3v) is 10.1. The fourth-order valence-corrected chi connectivity index (χ4v) is 7.24. The molecule has 1 aromatic heterocycles. The molecule has 9 nitrogen and oxygen atoms in total. The molecule has 2 atom stereocenters. The van der Waals surface area contributed by atoms with Crippen molar-refractivity contribution >= 4 is 22.6 Å². The van der Waals surface area contributed by atoms with Crippen molar-refractivity contribution < 1.29 is 32.2 Å². The van der Waals surface area contributed by atoms with E-state index in [1.54, 1.807) is 38.8 Å². The van der Waals surface area contributed by atoms with E-state index in [1.807, 2.05) is 13.0 Å². The largest absolute Gasteiger partial charge is 0.457 e. The number of likely N-dealkylation sites (tertiary alicyclic amines) is 2. The molecule has 3 aliphatic heterocycles. The third-order valence-electron chi connectivity index (χ3n) is 10.1. The zero-order chi connectivity index (χ0) is 33.6. The van der Waals surface area contributed by atoms with Gasteiger partial charge in [0, 0.05) is 69.0 Å². The van der Waals surface area contributed by atoms with Crippen LogP contribution in [0.15, 0.2) is 47.4 Å². The number of hydrogen-bond acceptors (Lipinski definition) is 6. The van der Waals surface area contributed by atoms with Crippen molar-refractivity contribution in [2.24, 2.45) is 11.8 Å². The molecule has 12 heteroatoms. The summed E-state index contributed by atoms with van der Waals surface area (Å²) < 4.78 is 59.7. The highest BCUT2D eigenvalue weighted by atomic mass is 19.3. The van der Waals surface area contributed by atoms with Gasteiger partial charge >= 0.3 is 0 Å². The topological polar surface area (TPSA) is 93.1 Å². The summed E-state index contributed by atoms with van der Waals surface area (Å²) in [7, 11) is 0. The Bertz CT molecular complexity index is 1770. The molecule has 256 valence electrons. The molecule has 4 heterocycles. The average molecular weight is 667 g/mol. The molecule has 2 unspecified atom stereocenters. The maximum atomic E-state index is 15.6. The summed E-state index contributed by atoms with van der Waals surface area (Å²) in [6.45, 7) is 4.16. The maximum absolute atomic E-state index is 15.6. The second kappa shape index (κ2) is 13.2. The molecule has 1 aliphatic carbocycles. The highest BCUT2D eigenvalue weighted by Crippen LogP contribution is 2.35. The number of alkyl halides is 2. The van der Waals surface area contributed by atoms with Gasteiger partial charge in [-0.2, -0.15) is 0 Å². The van der Waals surface area contributed by atoms with Crippen LogP contribution in [0.5, 0.6) is 11.5 Å². The van der Waals surface area contributed by atoms with Crippen molar-refractivity contribution in [3.8, 4) is 11.5 Å². The lowest BCUT2D eigenvalue weighted by atomic mass is 9.96. The van der Waals surface area contributed by atoms with Crippen LogP contribution in [0.1, 0.15) is 61.4 Å². The van der Waals surface area contributed by atoms with E-state index in [-0.39, 0.29) is 42.1 Å². The van der Waals surface area contributed by atoms with Crippen LogP contribution in [0.4, 0.5) is 13.2 Å². The van der Waals surface area contributed by atoms with E-state index < -0.39 is 35.8 Å². The minimum Gasteiger partial charge on any atom is -0.457 e. The van der Waals surface area contributed by atoms with Crippen LogP contribution in [0.3, 0.4) is 0 Å². The smallest absolute Gasteiger partial charge is 0.280 e. The summed E-state index contributed by atoms with van der Waals surface area (Å²) in [5, 5.41) is 3.59. The molecular weight excluding hydrogens is 625 g/mol. The minimum atomic E-state index is -3.21. The Balaban J connectivity index is 1.14. The van der Waals surface area contributed by atoms with Crippen molar-refractivity contribution in [1.29, 1.82) is 0 Å². The lowest BCUT2D eigenvalue weighted by molar-refractivity contribution is -0.128. The quantitative estimate of drug-likeness (QED) is 0.332. The summed E-state index contributed by atoms with van der Waals surface area (Å²) in [4.78, 5) is 42.5. The zero-order valence-electron chi connectivity index (χ0n) is 27.1. The summed E-state index contributed by atoms with van der Waals surface area (Å²) >= 11 is 0. The second-order valence-electron chi connectivity index (χ2n) is 14.0. The fourth-order valence-electron chi connectivity index (χ4n) is 7.24. The fraction of sp³-hybridized carbons (Fsp3) is 0.528. The van der Waals surface area contributed by atoms with Gasteiger partial charge in [-0.3, -0.25) is 19.3 Å². The summed E-state index contributed by atoms with van der Waals surface area (Å²) in [5.41, 5.74) is -0.188. The first kappa shape index (κ1) is 32.6. The van der Waals surface area contributed by atoms with E-state index in [0.29, 0.717) is 80.1 Å². The Labute approximate surface area is 277 Å². The number of halogens is 3. The van der Waals surface area contributed by atoms with Gasteiger partial charge < -0.3 is 24.3 Å². The number of piperidine rings is 1. The number of fused-ring (bicyclic) bond motifs is 1. The van der Waals surface area contributed by atoms with Gasteiger partial charge in [0.1, 0.15) is 17.3 Å². The Morgan fingerprint density at radius 2 is 1.85 bits per heavy atom. The molecule has 1 N–H and O–H groups in total. The lowest BCUT2D eigenvalue weighted by Gasteiger charge is -2.43. The number of carbonyl (C=O) groups is 2. The van der Waals surface area contributed by atoms with Gasteiger partial charge in [-0.25, -0.2) is 13.2 Å². The Morgan fingerprint density at radius 3 is 2.56 bits per heavy atom. The molecule has 0 bridgehead atoms. The molecule has 4 aliphatic rings.